The Morgan fingerprint density at radius 1 is 0.977 bits per heavy atom. The molecule has 0 aliphatic carbocycles. The number of hydrogen-bond acceptors (Lipinski definition) is 6. The van der Waals surface area contributed by atoms with Gasteiger partial charge in [0.1, 0.15) is 12.3 Å². The highest BCUT2D eigenvalue weighted by atomic mass is 32.2. The van der Waals surface area contributed by atoms with E-state index in [2.05, 4.69) is 27.2 Å². The maximum absolute atomic E-state index is 13.4. The number of alkyl halides is 3. The Morgan fingerprint density at radius 3 is 2.35 bits per heavy atom. The maximum Gasteiger partial charge on any atom is 0.416 e. The second kappa shape index (κ2) is 13.6. The first-order valence-electron chi connectivity index (χ1n) is 14.1. The largest absolute Gasteiger partial charge is 0.497 e. The number of methoxy groups -OCH3 is 1. The molecule has 0 bridgehead atoms. The van der Waals surface area contributed by atoms with Gasteiger partial charge in [0.15, 0.2) is 0 Å². The molecule has 11 heteroatoms. The highest BCUT2D eigenvalue weighted by Crippen LogP contribution is 2.42. The van der Waals surface area contributed by atoms with Gasteiger partial charge in [0.05, 0.1) is 23.3 Å². The topological polar surface area (TPSA) is 65.1 Å². The number of rotatable bonds is 9. The Hall–Kier alpha value is -3.96. The van der Waals surface area contributed by atoms with E-state index in [1.165, 1.54) is 34.5 Å². The quantitative estimate of drug-likeness (QED) is 0.254. The van der Waals surface area contributed by atoms with Crippen molar-refractivity contribution < 1.29 is 27.5 Å². The summed E-state index contributed by atoms with van der Waals surface area (Å²) in [5, 5.41) is 2.94. The van der Waals surface area contributed by atoms with E-state index < -0.39 is 11.7 Å². The number of amides is 2. The molecule has 3 aromatic carbocycles. The van der Waals surface area contributed by atoms with Gasteiger partial charge in [-0.3, -0.25) is 19.4 Å². The number of benzene rings is 3. The first kappa shape index (κ1) is 30.5. The lowest BCUT2D eigenvalue weighted by Gasteiger charge is -2.36. The highest BCUT2D eigenvalue weighted by molar-refractivity contribution is 8.04. The molecule has 1 fully saturated rings. The first-order valence-corrected chi connectivity index (χ1v) is 14.9. The second-order valence-electron chi connectivity index (χ2n) is 10.3. The Bertz CT molecular complexity index is 1450. The zero-order valence-electron chi connectivity index (χ0n) is 23.8. The first-order chi connectivity index (χ1) is 20.7. The fourth-order valence-electron chi connectivity index (χ4n) is 5.09. The van der Waals surface area contributed by atoms with Crippen LogP contribution in [-0.2, 0) is 15.8 Å². The Kier molecular flexibility index (Phi) is 9.62. The van der Waals surface area contributed by atoms with Crippen LogP contribution in [0.2, 0.25) is 0 Å². The third-order valence-electron chi connectivity index (χ3n) is 7.45. The predicted octanol–water partition coefficient (Wildman–Crippen LogP) is 5.52. The molecule has 226 valence electrons. The van der Waals surface area contributed by atoms with E-state index in [0.717, 1.165) is 61.9 Å². The molecule has 5 rings (SSSR count). The van der Waals surface area contributed by atoms with Crippen LogP contribution in [0.4, 0.5) is 24.5 Å². The standard InChI is InChI=1S/C32H33F3N4O3S/c1-42-26-13-11-25(12-14-26)38-19-17-37(18-20-38)16-4-15-36-30(40)22-39-27-5-2-3-6-28(27)43-29(31(39)41)21-23-7-9-24(10-8-23)32(33,34)35/h2-3,5-14,21H,4,15-20,22H2,1H3,(H,36,40). The number of fused-ring (bicyclic) bond motifs is 1. The van der Waals surface area contributed by atoms with Crippen LogP contribution in [-0.4, -0.2) is 69.6 Å². The third-order valence-corrected chi connectivity index (χ3v) is 8.53. The molecular formula is C32H33F3N4O3S. The van der Waals surface area contributed by atoms with Crippen molar-refractivity contribution >= 4 is 41.0 Å². The monoisotopic (exact) mass is 610 g/mol. The SMILES string of the molecule is COc1ccc(N2CCN(CCCNC(=O)CN3C(=O)C(=Cc4ccc(C(F)(F)F)cc4)Sc4ccccc43)CC2)cc1. The van der Waals surface area contributed by atoms with Crippen molar-refractivity contribution in [1.82, 2.24) is 10.2 Å². The Labute approximate surface area is 253 Å². The van der Waals surface area contributed by atoms with Crippen molar-refractivity contribution in [3.63, 3.8) is 0 Å². The van der Waals surface area contributed by atoms with Gasteiger partial charge in [0, 0.05) is 43.3 Å². The van der Waals surface area contributed by atoms with Crippen molar-refractivity contribution in [3.05, 3.63) is 88.8 Å². The lowest BCUT2D eigenvalue weighted by molar-refractivity contribution is -0.137. The summed E-state index contributed by atoms with van der Waals surface area (Å²) >= 11 is 1.24. The highest BCUT2D eigenvalue weighted by Gasteiger charge is 2.32. The summed E-state index contributed by atoms with van der Waals surface area (Å²) in [6.07, 6.45) is -2.09. The van der Waals surface area contributed by atoms with Gasteiger partial charge in [-0.05, 0) is 73.1 Å². The minimum absolute atomic E-state index is 0.151. The van der Waals surface area contributed by atoms with Crippen molar-refractivity contribution in [2.75, 3.05) is 62.7 Å². The number of piperazine rings is 1. The fraction of sp³-hybridized carbons (Fsp3) is 0.312. The van der Waals surface area contributed by atoms with Gasteiger partial charge in [0.25, 0.3) is 5.91 Å². The number of anilines is 2. The molecule has 2 aliphatic heterocycles. The number of nitrogens with zero attached hydrogens (tertiary/aromatic N) is 3. The van der Waals surface area contributed by atoms with Crippen LogP contribution in [0, 0.1) is 0 Å². The molecule has 0 spiro atoms. The molecule has 2 amide bonds. The molecule has 0 saturated carbocycles. The van der Waals surface area contributed by atoms with Crippen molar-refractivity contribution in [2.24, 2.45) is 0 Å². The van der Waals surface area contributed by atoms with Gasteiger partial charge in [-0.25, -0.2) is 0 Å². The molecule has 3 aromatic rings. The van der Waals surface area contributed by atoms with Gasteiger partial charge in [-0.1, -0.05) is 36.0 Å². The summed E-state index contributed by atoms with van der Waals surface area (Å²) in [4.78, 5) is 33.6. The average molecular weight is 611 g/mol. The van der Waals surface area contributed by atoms with Crippen LogP contribution >= 0.6 is 11.8 Å². The van der Waals surface area contributed by atoms with E-state index in [-0.39, 0.29) is 18.4 Å². The van der Waals surface area contributed by atoms with Crippen LogP contribution in [0.5, 0.6) is 5.75 Å². The number of hydrogen-bond donors (Lipinski definition) is 1. The van der Waals surface area contributed by atoms with E-state index in [1.807, 2.05) is 24.3 Å². The van der Waals surface area contributed by atoms with E-state index in [1.54, 1.807) is 25.3 Å². The van der Waals surface area contributed by atoms with Crippen LogP contribution in [0.3, 0.4) is 0 Å². The molecule has 2 heterocycles. The zero-order chi connectivity index (χ0) is 30.4. The van der Waals surface area contributed by atoms with Gasteiger partial charge >= 0.3 is 6.18 Å². The van der Waals surface area contributed by atoms with Gasteiger partial charge in [-0.2, -0.15) is 13.2 Å². The number of thioether (sulfide) groups is 1. The summed E-state index contributed by atoms with van der Waals surface area (Å²) in [6.45, 7) is 4.92. The number of carbonyl (C=O) groups is 2. The third kappa shape index (κ3) is 7.71. The second-order valence-corrected chi connectivity index (χ2v) is 11.4. The molecule has 0 atom stereocenters. The fourth-order valence-corrected chi connectivity index (χ4v) is 6.15. The summed E-state index contributed by atoms with van der Waals surface area (Å²) < 4.78 is 44.1. The van der Waals surface area contributed by atoms with E-state index in [4.69, 9.17) is 4.74 Å². The van der Waals surface area contributed by atoms with Gasteiger partial charge in [0.2, 0.25) is 5.91 Å². The number of halogens is 3. The van der Waals surface area contributed by atoms with E-state index >= 15 is 0 Å². The molecule has 43 heavy (non-hydrogen) atoms. The molecule has 0 radical (unpaired) electrons. The molecule has 1 saturated heterocycles. The summed E-state index contributed by atoms with van der Waals surface area (Å²) in [6, 6.07) is 20.0. The lowest BCUT2D eigenvalue weighted by atomic mass is 10.1. The van der Waals surface area contributed by atoms with Crippen molar-refractivity contribution in [1.29, 1.82) is 0 Å². The van der Waals surface area contributed by atoms with Crippen molar-refractivity contribution in [3.8, 4) is 5.75 Å². The van der Waals surface area contributed by atoms with Gasteiger partial charge in [-0.15, -0.1) is 0 Å². The van der Waals surface area contributed by atoms with Crippen LogP contribution in [0.25, 0.3) is 6.08 Å². The summed E-state index contributed by atoms with van der Waals surface area (Å²) in [5.41, 5.74) is 1.53. The smallest absolute Gasteiger partial charge is 0.416 e. The number of ether oxygens (including phenoxy) is 1. The molecule has 0 unspecified atom stereocenters. The van der Waals surface area contributed by atoms with Gasteiger partial charge < -0.3 is 15.0 Å². The van der Waals surface area contributed by atoms with E-state index in [9.17, 15) is 22.8 Å². The Morgan fingerprint density at radius 2 is 1.67 bits per heavy atom. The van der Waals surface area contributed by atoms with Crippen LogP contribution in [0.15, 0.2) is 82.6 Å². The molecule has 1 N–H and O–H groups in total. The predicted molar refractivity (Wildman–Crippen MR) is 163 cm³/mol. The molecule has 0 aromatic heterocycles. The zero-order valence-corrected chi connectivity index (χ0v) is 24.6. The van der Waals surface area contributed by atoms with Crippen LogP contribution < -0.4 is 19.9 Å². The van der Waals surface area contributed by atoms with E-state index in [0.29, 0.717) is 22.7 Å². The average Bonchev–Trinajstić information content (AvgIpc) is 3.01. The lowest BCUT2D eigenvalue weighted by Crippen LogP contribution is -2.47. The molecule has 2 aliphatic rings. The maximum atomic E-state index is 13.4. The minimum atomic E-state index is -4.43. The molecule has 7 nitrogen and oxygen atoms in total. The summed E-state index contributed by atoms with van der Waals surface area (Å²) in [7, 11) is 1.66. The minimum Gasteiger partial charge on any atom is -0.497 e. The number of carbonyl (C=O) groups excluding carboxylic acids is 2. The number of nitrogens with one attached hydrogen (secondary N) is 1. The van der Waals surface area contributed by atoms with Crippen molar-refractivity contribution in [2.45, 2.75) is 17.5 Å². The Balaban J connectivity index is 1.12. The number of para-hydroxylation sites is 1. The molecular weight excluding hydrogens is 577 g/mol. The van der Waals surface area contributed by atoms with Crippen LogP contribution in [0.1, 0.15) is 17.5 Å². The normalized spacial score (nSPS) is 16.7. The summed E-state index contributed by atoms with van der Waals surface area (Å²) in [5.74, 6) is 0.203.